The Hall–Kier alpha value is -2.56. The number of rotatable bonds is 4. The summed E-state index contributed by atoms with van der Waals surface area (Å²) in [6.45, 7) is 4.35. The third-order valence-corrected chi connectivity index (χ3v) is 3.31. The van der Waals surface area contributed by atoms with Crippen LogP contribution in [0.5, 0.6) is 0 Å². The van der Waals surface area contributed by atoms with Crippen molar-refractivity contribution in [1.29, 1.82) is 0 Å². The van der Waals surface area contributed by atoms with Gasteiger partial charge in [0.1, 0.15) is 11.5 Å². The van der Waals surface area contributed by atoms with Gasteiger partial charge < -0.3 is 13.7 Å². The summed E-state index contributed by atoms with van der Waals surface area (Å²) >= 11 is 0. The summed E-state index contributed by atoms with van der Waals surface area (Å²) in [5.74, 6) is 2.71. The lowest BCUT2D eigenvalue weighted by molar-refractivity contribution is 0.492. The molecule has 1 aromatic carbocycles. The quantitative estimate of drug-likeness (QED) is 0.732. The van der Waals surface area contributed by atoms with Crippen molar-refractivity contribution in [2.75, 3.05) is 11.9 Å². The van der Waals surface area contributed by atoms with E-state index in [1.165, 1.54) is 0 Å². The molecule has 0 bridgehead atoms. The van der Waals surface area contributed by atoms with E-state index in [4.69, 9.17) is 8.83 Å². The maximum absolute atomic E-state index is 5.73. The van der Waals surface area contributed by atoms with E-state index in [0.717, 1.165) is 22.8 Å². The van der Waals surface area contributed by atoms with Gasteiger partial charge in [-0.05, 0) is 32.0 Å². The molecule has 0 N–H and O–H groups in total. The van der Waals surface area contributed by atoms with E-state index in [1.807, 2.05) is 57.3 Å². The van der Waals surface area contributed by atoms with Crippen LogP contribution in [0.25, 0.3) is 11.5 Å². The number of nitrogens with zero attached hydrogens (tertiary/aromatic N) is 3. The third kappa shape index (κ3) is 2.81. The lowest BCUT2D eigenvalue weighted by atomic mass is 10.2. The molecule has 108 valence electrons. The highest BCUT2D eigenvalue weighted by Gasteiger charge is 2.15. The zero-order valence-electron chi connectivity index (χ0n) is 12.3. The molecule has 21 heavy (non-hydrogen) atoms. The van der Waals surface area contributed by atoms with Gasteiger partial charge in [-0.2, -0.15) is 0 Å². The predicted octanol–water partition coefficient (Wildman–Crippen LogP) is 3.58. The van der Waals surface area contributed by atoms with Crippen LogP contribution in [0.4, 0.5) is 5.69 Å². The first kappa shape index (κ1) is 13.4. The molecule has 0 saturated carbocycles. The van der Waals surface area contributed by atoms with Crippen molar-refractivity contribution in [2.24, 2.45) is 0 Å². The van der Waals surface area contributed by atoms with Crippen molar-refractivity contribution in [1.82, 2.24) is 10.2 Å². The fraction of sp³-hybridized carbons (Fsp3) is 0.250. The molecule has 0 atom stereocenters. The molecular formula is C16H17N3O2. The average Bonchev–Trinajstić information content (AvgIpc) is 3.06. The molecule has 0 aliphatic carbocycles. The fourth-order valence-electron chi connectivity index (χ4n) is 2.25. The van der Waals surface area contributed by atoms with E-state index in [2.05, 4.69) is 15.1 Å². The second-order valence-corrected chi connectivity index (χ2v) is 5.02. The number of furan rings is 1. The van der Waals surface area contributed by atoms with Gasteiger partial charge >= 0.3 is 0 Å². The highest BCUT2D eigenvalue weighted by Crippen LogP contribution is 2.25. The Morgan fingerprint density at radius 1 is 1.05 bits per heavy atom. The van der Waals surface area contributed by atoms with Crippen molar-refractivity contribution in [2.45, 2.75) is 20.4 Å². The SMILES string of the molecule is Cc1cc(-c2nnc(CN(C)c3ccccc3)o2)c(C)o1. The van der Waals surface area contributed by atoms with Crippen molar-refractivity contribution >= 4 is 5.69 Å². The maximum Gasteiger partial charge on any atom is 0.251 e. The highest BCUT2D eigenvalue weighted by molar-refractivity contribution is 5.55. The molecule has 0 aliphatic heterocycles. The van der Waals surface area contributed by atoms with Gasteiger partial charge in [0.15, 0.2) is 0 Å². The molecule has 0 fully saturated rings. The molecular weight excluding hydrogens is 266 g/mol. The maximum atomic E-state index is 5.73. The number of hydrogen-bond acceptors (Lipinski definition) is 5. The van der Waals surface area contributed by atoms with E-state index in [9.17, 15) is 0 Å². The summed E-state index contributed by atoms with van der Waals surface area (Å²) in [6, 6.07) is 12.0. The Morgan fingerprint density at radius 2 is 1.81 bits per heavy atom. The molecule has 5 heteroatoms. The van der Waals surface area contributed by atoms with Crippen LogP contribution in [0, 0.1) is 13.8 Å². The Morgan fingerprint density at radius 3 is 2.48 bits per heavy atom. The minimum Gasteiger partial charge on any atom is -0.466 e. The molecule has 0 radical (unpaired) electrons. The number of anilines is 1. The third-order valence-electron chi connectivity index (χ3n) is 3.31. The Bertz CT molecular complexity index is 731. The second-order valence-electron chi connectivity index (χ2n) is 5.02. The molecule has 2 heterocycles. The minimum absolute atomic E-state index is 0.501. The number of hydrogen-bond donors (Lipinski definition) is 0. The van der Waals surface area contributed by atoms with Crippen molar-refractivity contribution in [3.63, 3.8) is 0 Å². The molecule has 0 amide bonds. The number of aromatic nitrogens is 2. The van der Waals surface area contributed by atoms with Crippen LogP contribution < -0.4 is 4.90 Å². The first-order valence-corrected chi connectivity index (χ1v) is 6.79. The van der Waals surface area contributed by atoms with E-state index in [0.29, 0.717) is 18.3 Å². The van der Waals surface area contributed by atoms with Gasteiger partial charge in [-0.25, -0.2) is 0 Å². The summed E-state index contributed by atoms with van der Waals surface area (Å²) in [5, 5.41) is 8.21. The zero-order chi connectivity index (χ0) is 14.8. The molecule has 0 aliphatic rings. The van der Waals surface area contributed by atoms with Gasteiger partial charge in [-0.15, -0.1) is 10.2 Å². The highest BCUT2D eigenvalue weighted by atomic mass is 16.4. The van der Waals surface area contributed by atoms with Crippen molar-refractivity contribution in [3.05, 3.63) is 53.8 Å². The zero-order valence-corrected chi connectivity index (χ0v) is 12.3. The van der Waals surface area contributed by atoms with E-state index in [-0.39, 0.29) is 0 Å². The summed E-state index contributed by atoms with van der Waals surface area (Å²) in [6.07, 6.45) is 0. The largest absolute Gasteiger partial charge is 0.466 e. The van der Waals surface area contributed by atoms with E-state index in [1.54, 1.807) is 0 Å². The Balaban J connectivity index is 1.78. The topological polar surface area (TPSA) is 55.3 Å². The Kier molecular flexibility index (Phi) is 3.48. The number of para-hydroxylation sites is 1. The Labute approximate surface area is 123 Å². The molecule has 2 aromatic heterocycles. The monoisotopic (exact) mass is 283 g/mol. The molecule has 3 aromatic rings. The minimum atomic E-state index is 0.501. The van der Waals surface area contributed by atoms with Crippen molar-refractivity contribution < 1.29 is 8.83 Å². The van der Waals surface area contributed by atoms with E-state index < -0.39 is 0 Å². The van der Waals surface area contributed by atoms with Crippen molar-refractivity contribution in [3.8, 4) is 11.5 Å². The normalized spacial score (nSPS) is 10.8. The smallest absolute Gasteiger partial charge is 0.251 e. The van der Waals surface area contributed by atoms with Gasteiger partial charge in [-0.3, -0.25) is 0 Å². The second kappa shape index (κ2) is 5.44. The van der Waals surface area contributed by atoms with Gasteiger partial charge in [0.25, 0.3) is 5.89 Å². The van der Waals surface area contributed by atoms with Crippen LogP contribution in [-0.4, -0.2) is 17.2 Å². The standard InChI is InChI=1S/C16H17N3O2/c1-11-9-14(12(2)20-11)16-18-17-15(21-16)10-19(3)13-7-5-4-6-8-13/h4-9H,10H2,1-3H3. The predicted molar refractivity (Wildman–Crippen MR) is 80.0 cm³/mol. The number of aryl methyl sites for hydroxylation is 2. The van der Waals surface area contributed by atoms with E-state index >= 15 is 0 Å². The van der Waals surface area contributed by atoms with Gasteiger partial charge in [0, 0.05) is 12.7 Å². The summed E-state index contributed by atoms with van der Waals surface area (Å²) in [4.78, 5) is 2.06. The summed E-state index contributed by atoms with van der Waals surface area (Å²) in [5.41, 5.74) is 1.96. The molecule has 0 spiro atoms. The van der Waals surface area contributed by atoms with Crippen LogP contribution in [0.3, 0.4) is 0 Å². The summed E-state index contributed by atoms with van der Waals surface area (Å²) in [7, 11) is 1.99. The molecule has 3 rings (SSSR count). The van der Waals surface area contributed by atoms with Crippen LogP contribution in [-0.2, 0) is 6.54 Å². The van der Waals surface area contributed by atoms with Gasteiger partial charge in [0.05, 0.1) is 12.1 Å². The lowest BCUT2D eigenvalue weighted by Gasteiger charge is -2.16. The molecule has 5 nitrogen and oxygen atoms in total. The first-order valence-electron chi connectivity index (χ1n) is 6.79. The van der Waals surface area contributed by atoms with Gasteiger partial charge in [0.2, 0.25) is 5.89 Å². The fourth-order valence-corrected chi connectivity index (χ4v) is 2.25. The van der Waals surface area contributed by atoms with Crippen LogP contribution in [0.15, 0.2) is 45.2 Å². The van der Waals surface area contributed by atoms with Gasteiger partial charge in [-0.1, -0.05) is 18.2 Å². The van der Waals surface area contributed by atoms with Crippen LogP contribution >= 0.6 is 0 Å². The average molecular weight is 283 g/mol. The van der Waals surface area contributed by atoms with Crippen LogP contribution in [0.2, 0.25) is 0 Å². The number of benzene rings is 1. The first-order chi connectivity index (χ1) is 10.1. The van der Waals surface area contributed by atoms with Crippen LogP contribution in [0.1, 0.15) is 17.4 Å². The summed E-state index contributed by atoms with van der Waals surface area (Å²) < 4.78 is 11.2. The molecule has 0 unspecified atom stereocenters. The lowest BCUT2D eigenvalue weighted by Crippen LogP contribution is -2.16. The molecule has 0 saturated heterocycles.